The van der Waals surface area contributed by atoms with Crippen molar-refractivity contribution in [1.29, 1.82) is 0 Å². The average molecular weight is 321 g/mol. The molecule has 0 saturated carbocycles. The third kappa shape index (κ3) is 5.77. The van der Waals surface area contributed by atoms with E-state index in [1.807, 2.05) is 30.1 Å². The van der Waals surface area contributed by atoms with Crippen LogP contribution in [0.25, 0.3) is 0 Å². The van der Waals surface area contributed by atoms with Gasteiger partial charge in [0.2, 0.25) is 5.91 Å². The number of carbonyl (C=O) groups is 1. The molecule has 0 aliphatic heterocycles. The maximum Gasteiger partial charge on any atom is 0.225 e. The number of nitrogens with zero attached hydrogens (tertiary/aromatic N) is 1. The molecule has 0 unspecified atom stereocenters. The first-order valence-corrected chi connectivity index (χ1v) is 8.53. The number of unbranched alkanes of at least 4 members (excludes halogenated alkanes) is 1. The second-order valence-electron chi connectivity index (χ2n) is 5.95. The van der Waals surface area contributed by atoms with Crippen molar-refractivity contribution in [3.05, 3.63) is 23.8 Å². The quantitative estimate of drug-likeness (QED) is 0.655. The van der Waals surface area contributed by atoms with E-state index >= 15 is 0 Å². The lowest BCUT2D eigenvalue weighted by Gasteiger charge is -2.23. The van der Waals surface area contributed by atoms with Crippen LogP contribution in [0.4, 0.5) is 0 Å². The molecule has 1 aromatic rings. The summed E-state index contributed by atoms with van der Waals surface area (Å²) >= 11 is 0. The minimum atomic E-state index is 0.158. The Morgan fingerprint density at radius 3 is 2.43 bits per heavy atom. The first kappa shape index (κ1) is 19.3. The summed E-state index contributed by atoms with van der Waals surface area (Å²) in [5, 5.41) is 0. The summed E-state index contributed by atoms with van der Waals surface area (Å²) in [6, 6.07) is 5.91. The largest absolute Gasteiger partial charge is 0.493 e. The van der Waals surface area contributed by atoms with Gasteiger partial charge in [0, 0.05) is 19.5 Å². The smallest absolute Gasteiger partial charge is 0.225 e. The maximum atomic E-state index is 12.5. The highest BCUT2D eigenvalue weighted by Crippen LogP contribution is 2.27. The molecule has 0 radical (unpaired) electrons. The van der Waals surface area contributed by atoms with Gasteiger partial charge in [0.25, 0.3) is 0 Å². The van der Waals surface area contributed by atoms with Crippen LogP contribution in [0.5, 0.6) is 11.5 Å². The zero-order valence-electron chi connectivity index (χ0n) is 15.2. The Morgan fingerprint density at radius 1 is 1.17 bits per heavy atom. The predicted octanol–water partition coefficient (Wildman–Crippen LogP) is 3.92. The Morgan fingerprint density at radius 2 is 1.87 bits per heavy atom. The Kier molecular flexibility index (Phi) is 8.52. The molecule has 4 nitrogen and oxygen atoms in total. The van der Waals surface area contributed by atoms with Crippen LogP contribution in [0.15, 0.2) is 18.2 Å². The number of hydrogen-bond acceptors (Lipinski definition) is 3. The van der Waals surface area contributed by atoms with Gasteiger partial charge in [-0.05, 0) is 37.0 Å². The minimum absolute atomic E-state index is 0.158. The number of likely N-dealkylation sites (N-methyl/N-ethyl adjacent to an activating group) is 1. The standard InChI is InChI=1S/C19H31NO3/c1-6-8-9-16(7-2)19(21)20(3)13-12-15-10-11-17(22-4)18(14-15)23-5/h10-11,14,16H,6-9,12-13H2,1-5H3/t16-/m0/s1. The van der Waals surface area contributed by atoms with Gasteiger partial charge in [-0.2, -0.15) is 0 Å². The highest BCUT2D eigenvalue weighted by molar-refractivity contribution is 5.78. The van der Waals surface area contributed by atoms with Crippen LogP contribution in [0.1, 0.15) is 45.1 Å². The molecule has 130 valence electrons. The van der Waals surface area contributed by atoms with E-state index < -0.39 is 0 Å². The van der Waals surface area contributed by atoms with E-state index in [1.54, 1.807) is 14.2 Å². The Labute approximate surface area is 140 Å². The molecule has 0 N–H and O–H groups in total. The second-order valence-corrected chi connectivity index (χ2v) is 5.95. The summed E-state index contributed by atoms with van der Waals surface area (Å²) < 4.78 is 10.6. The van der Waals surface area contributed by atoms with Crippen molar-refractivity contribution in [2.75, 3.05) is 27.8 Å². The summed E-state index contributed by atoms with van der Waals surface area (Å²) in [6.07, 6.45) is 4.98. The van der Waals surface area contributed by atoms with E-state index in [0.717, 1.165) is 55.7 Å². The molecule has 4 heteroatoms. The van der Waals surface area contributed by atoms with Gasteiger partial charge >= 0.3 is 0 Å². The molecule has 1 rings (SSSR count). The fourth-order valence-corrected chi connectivity index (χ4v) is 2.71. The first-order chi connectivity index (χ1) is 11.1. The number of carbonyl (C=O) groups excluding carboxylic acids is 1. The fourth-order valence-electron chi connectivity index (χ4n) is 2.71. The summed E-state index contributed by atoms with van der Waals surface area (Å²) in [6.45, 7) is 4.98. The molecule has 1 atom stereocenters. The molecule has 0 aromatic heterocycles. The number of rotatable bonds is 10. The van der Waals surface area contributed by atoms with E-state index in [1.165, 1.54) is 0 Å². The molecule has 0 saturated heterocycles. The lowest BCUT2D eigenvalue weighted by molar-refractivity contribution is -0.134. The molecule has 0 aliphatic carbocycles. The molecule has 23 heavy (non-hydrogen) atoms. The van der Waals surface area contributed by atoms with E-state index in [-0.39, 0.29) is 11.8 Å². The second kappa shape index (κ2) is 10.1. The molecule has 0 aliphatic rings. The summed E-state index contributed by atoms with van der Waals surface area (Å²) in [7, 11) is 5.17. The topological polar surface area (TPSA) is 38.8 Å². The zero-order valence-corrected chi connectivity index (χ0v) is 15.2. The van der Waals surface area contributed by atoms with Crippen molar-refractivity contribution in [2.45, 2.75) is 46.0 Å². The van der Waals surface area contributed by atoms with Crippen molar-refractivity contribution in [1.82, 2.24) is 4.90 Å². The third-order valence-electron chi connectivity index (χ3n) is 4.31. The number of ether oxygens (including phenoxy) is 2. The van der Waals surface area contributed by atoms with E-state index in [2.05, 4.69) is 13.8 Å². The third-order valence-corrected chi connectivity index (χ3v) is 4.31. The van der Waals surface area contributed by atoms with Crippen molar-refractivity contribution >= 4 is 5.91 Å². The Hall–Kier alpha value is -1.71. The predicted molar refractivity (Wildman–Crippen MR) is 94.2 cm³/mol. The molecular weight excluding hydrogens is 290 g/mol. The van der Waals surface area contributed by atoms with Crippen LogP contribution in [0.3, 0.4) is 0 Å². The molecule has 0 spiro atoms. The number of benzene rings is 1. The van der Waals surface area contributed by atoms with Gasteiger partial charge in [-0.15, -0.1) is 0 Å². The SMILES string of the molecule is CCCC[C@H](CC)C(=O)N(C)CCc1ccc(OC)c(OC)c1. The van der Waals surface area contributed by atoms with Gasteiger partial charge in [-0.25, -0.2) is 0 Å². The summed E-state index contributed by atoms with van der Waals surface area (Å²) in [5.41, 5.74) is 1.14. The van der Waals surface area contributed by atoms with Gasteiger partial charge in [0.1, 0.15) is 0 Å². The highest BCUT2D eigenvalue weighted by Gasteiger charge is 2.19. The summed E-state index contributed by atoms with van der Waals surface area (Å²) in [4.78, 5) is 14.4. The highest BCUT2D eigenvalue weighted by atomic mass is 16.5. The van der Waals surface area contributed by atoms with Gasteiger partial charge in [-0.3, -0.25) is 4.79 Å². The van der Waals surface area contributed by atoms with Crippen LogP contribution in [-0.4, -0.2) is 38.6 Å². The lowest BCUT2D eigenvalue weighted by atomic mass is 9.97. The fraction of sp³-hybridized carbons (Fsp3) is 0.632. The molecule has 0 bridgehead atoms. The van der Waals surface area contributed by atoms with Gasteiger partial charge in [-0.1, -0.05) is 32.8 Å². The number of hydrogen-bond donors (Lipinski definition) is 0. The van der Waals surface area contributed by atoms with Gasteiger partial charge < -0.3 is 14.4 Å². The summed E-state index contributed by atoms with van der Waals surface area (Å²) in [5.74, 6) is 1.88. The van der Waals surface area contributed by atoms with Crippen molar-refractivity contribution < 1.29 is 14.3 Å². The van der Waals surface area contributed by atoms with Crippen molar-refractivity contribution in [3.63, 3.8) is 0 Å². The molecular formula is C19H31NO3. The van der Waals surface area contributed by atoms with Crippen LogP contribution < -0.4 is 9.47 Å². The zero-order chi connectivity index (χ0) is 17.2. The molecule has 1 amide bonds. The lowest BCUT2D eigenvalue weighted by Crippen LogP contribution is -2.34. The number of amides is 1. The maximum absolute atomic E-state index is 12.5. The van der Waals surface area contributed by atoms with E-state index in [9.17, 15) is 4.79 Å². The van der Waals surface area contributed by atoms with Gasteiger partial charge in [0.05, 0.1) is 14.2 Å². The van der Waals surface area contributed by atoms with Crippen LogP contribution in [-0.2, 0) is 11.2 Å². The Balaban J connectivity index is 2.61. The average Bonchev–Trinajstić information content (AvgIpc) is 2.59. The first-order valence-electron chi connectivity index (χ1n) is 8.53. The normalized spacial score (nSPS) is 11.9. The van der Waals surface area contributed by atoms with Crippen LogP contribution in [0.2, 0.25) is 0 Å². The number of methoxy groups -OCH3 is 2. The Bertz CT molecular complexity index is 488. The van der Waals surface area contributed by atoms with Crippen molar-refractivity contribution in [3.8, 4) is 11.5 Å². The van der Waals surface area contributed by atoms with E-state index in [0.29, 0.717) is 0 Å². The van der Waals surface area contributed by atoms with Gasteiger partial charge in [0.15, 0.2) is 11.5 Å². The van der Waals surface area contributed by atoms with Crippen molar-refractivity contribution in [2.24, 2.45) is 5.92 Å². The molecule has 1 aromatic carbocycles. The van der Waals surface area contributed by atoms with Crippen LogP contribution in [0, 0.1) is 5.92 Å². The van der Waals surface area contributed by atoms with Crippen LogP contribution >= 0.6 is 0 Å². The minimum Gasteiger partial charge on any atom is -0.493 e. The monoisotopic (exact) mass is 321 g/mol. The van der Waals surface area contributed by atoms with E-state index in [4.69, 9.17) is 9.47 Å². The molecule has 0 heterocycles. The molecule has 0 fully saturated rings.